The molecule has 2 rings (SSSR count). The minimum absolute atomic E-state index is 0.0554. The number of ether oxygens (including phenoxy) is 2. The van der Waals surface area contributed by atoms with Gasteiger partial charge in [0.05, 0.1) is 24.3 Å². The summed E-state index contributed by atoms with van der Waals surface area (Å²) in [5.74, 6) is 1.13. The Bertz CT molecular complexity index is 820. The minimum Gasteiger partial charge on any atom is -0.497 e. The molecule has 5 nitrogen and oxygen atoms in total. The maximum absolute atomic E-state index is 12.7. The number of halogens is 2. The average molecular weight is 390 g/mol. The lowest BCUT2D eigenvalue weighted by Gasteiger charge is -2.19. The Morgan fingerprint density at radius 2 is 1.67 bits per heavy atom. The topological polar surface area (TPSA) is 64.6 Å². The van der Waals surface area contributed by atoms with Gasteiger partial charge in [0.15, 0.2) is 0 Å². The van der Waals surface area contributed by atoms with Gasteiger partial charge in [-0.25, -0.2) is 13.1 Å². The Balaban J connectivity index is 2.40. The van der Waals surface area contributed by atoms with E-state index in [0.717, 1.165) is 0 Å². The Labute approximate surface area is 151 Å². The third kappa shape index (κ3) is 3.95. The first kappa shape index (κ1) is 18.9. The zero-order chi connectivity index (χ0) is 17.9. The van der Waals surface area contributed by atoms with Crippen molar-refractivity contribution in [2.75, 3.05) is 14.2 Å². The molecule has 0 bridgehead atoms. The van der Waals surface area contributed by atoms with Gasteiger partial charge in [0.2, 0.25) is 10.0 Å². The van der Waals surface area contributed by atoms with E-state index in [-0.39, 0.29) is 14.9 Å². The van der Waals surface area contributed by atoms with Gasteiger partial charge in [0, 0.05) is 11.6 Å². The SMILES string of the molecule is COc1ccc(OC)c([C@H](C)NS(=O)(=O)c2c(Cl)cccc2Cl)c1. The lowest BCUT2D eigenvalue weighted by Crippen LogP contribution is -2.27. The van der Waals surface area contributed by atoms with Gasteiger partial charge in [-0.15, -0.1) is 0 Å². The molecule has 0 aliphatic rings. The fourth-order valence-corrected chi connectivity index (χ4v) is 4.64. The van der Waals surface area contributed by atoms with E-state index in [0.29, 0.717) is 17.1 Å². The molecule has 0 heterocycles. The van der Waals surface area contributed by atoms with Crippen molar-refractivity contribution in [3.05, 3.63) is 52.0 Å². The molecule has 0 saturated carbocycles. The maximum atomic E-state index is 12.7. The normalized spacial score (nSPS) is 12.7. The molecule has 1 atom stereocenters. The zero-order valence-electron chi connectivity index (χ0n) is 13.3. The van der Waals surface area contributed by atoms with Crippen molar-refractivity contribution in [1.29, 1.82) is 0 Å². The summed E-state index contributed by atoms with van der Waals surface area (Å²) in [5.41, 5.74) is 0.628. The first-order valence-corrected chi connectivity index (χ1v) is 9.22. The Morgan fingerprint density at radius 3 is 2.21 bits per heavy atom. The minimum atomic E-state index is -3.92. The second kappa shape index (κ2) is 7.61. The summed E-state index contributed by atoms with van der Waals surface area (Å²) in [7, 11) is -0.881. The van der Waals surface area contributed by atoms with Gasteiger partial charge in [0.1, 0.15) is 16.4 Å². The standard InChI is InChI=1S/C16H17Cl2NO4S/c1-10(12-9-11(22-2)7-8-15(12)23-3)19-24(20,21)16-13(17)5-4-6-14(16)18/h4-10,19H,1-3H3/t10-/m0/s1. The van der Waals surface area contributed by atoms with Crippen molar-refractivity contribution in [3.8, 4) is 11.5 Å². The van der Waals surface area contributed by atoms with Gasteiger partial charge in [0.25, 0.3) is 0 Å². The first-order valence-electron chi connectivity index (χ1n) is 6.98. The van der Waals surface area contributed by atoms with E-state index in [4.69, 9.17) is 32.7 Å². The van der Waals surface area contributed by atoms with Crippen LogP contribution in [0.5, 0.6) is 11.5 Å². The molecule has 0 unspecified atom stereocenters. The van der Waals surface area contributed by atoms with Gasteiger partial charge in [-0.2, -0.15) is 0 Å². The molecule has 0 fully saturated rings. The van der Waals surface area contributed by atoms with Crippen LogP contribution < -0.4 is 14.2 Å². The predicted octanol–water partition coefficient (Wildman–Crippen LogP) is 4.05. The Hall–Kier alpha value is -1.47. The van der Waals surface area contributed by atoms with Gasteiger partial charge >= 0.3 is 0 Å². The van der Waals surface area contributed by atoms with Gasteiger partial charge in [-0.05, 0) is 37.3 Å². The monoisotopic (exact) mass is 389 g/mol. The van der Waals surface area contributed by atoms with Crippen LogP contribution in [0.4, 0.5) is 0 Å². The molecule has 0 aliphatic heterocycles. The second-order valence-corrected chi connectivity index (χ2v) is 7.47. The second-order valence-electron chi connectivity index (χ2n) is 5.00. The number of benzene rings is 2. The predicted molar refractivity (Wildman–Crippen MR) is 94.7 cm³/mol. The van der Waals surface area contributed by atoms with Gasteiger partial charge in [-0.1, -0.05) is 29.3 Å². The molecule has 8 heteroatoms. The fourth-order valence-electron chi connectivity index (χ4n) is 2.27. The van der Waals surface area contributed by atoms with Crippen molar-refractivity contribution >= 4 is 33.2 Å². The van der Waals surface area contributed by atoms with Crippen LogP contribution in [0.1, 0.15) is 18.5 Å². The van der Waals surface area contributed by atoms with Crippen LogP contribution in [0.3, 0.4) is 0 Å². The summed E-state index contributed by atoms with van der Waals surface area (Å²) in [6.45, 7) is 1.69. The summed E-state index contributed by atoms with van der Waals surface area (Å²) in [6, 6.07) is 9.08. The largest absolute Gasteiger partial charge is 0.497 e. The molecule has 24 heavy (non-hydrogen) atoms. The van der Waals surface area contributed by atoms with Crippen molar-refractivity contribution in [1.82, 2.24) is 4.72 Å². The van der Waals surface area contributed by atoms with E-state index in [1.807, 2.05) is 0 Å². The van der Waals surface area contributed by atoms with Crippen LogP contribution in [0.2, 0.25) is 10.0 Å². The summed E-state index contributed by atoms with van der Waals surface area (Å²) in [5, 5.41) is 0.111. The molecule has 0 aliphatic carbocycles. The molecule has 0 aromatic heterocycles. The van der Waals surface area contributed by atoms with Crippen molar-refractivity contribution in [3.63, 3.8) is 0 Å². The quantitative estimate of drug-likeness (QED) is 0.808. The molecule has 0 saturated heterocycles. The number of nitrogens with one attached hydrogen (secondary N) is 1. The number of rotatable bonds is 6. The number of sulfonamides is 1. The summed E-state index contributed by atoms with van der Waals surface area (Å²) < 4.78 is 38.4. The van der Waals surface area contributed by atoms with E-state index in [9.17, 15) is 8.42 Å². The number of methoxy groups -OCH3 is 2. The van der Waals surface area contributed by atoms with E-state index >= 15 is 0 Å². The lowest BCUT2D eigenvalue weighted by molar-refractivity contribution is 0.395. The molecular weight excluding hydrogens is 373 g/mol. The highest BCUT2D eigenvalue weighted by Gasteiger charge is 2.25. The van der Waals surface area contributed by atoms with E-state index in [1.54, 1.807) is 31.2 Å². The molecule has 0 radical (unpaired) electrons. The molecule has 1 N–H and O–H groups in total. The van der Waals surface area contributed by atoms with Crippen LogP contribution in [-0.4, -0.2) is 22.6 Å². The van der Waals surface area contributed by atoms with E-state index < -0.39 is 16.1 Å². The summed E-state index contributed by atoms with van der Waals surface area (Å²) >= 11 is 12.0. The maximum Gasteiger partial charge on any atom is 0.244 e. The van der Waals surface area contributed by atoms with Crippen LogP contribution in [0, 0.1) is 0 Å². The molecule has 2 aromatic rings. The zero-order valence-corrected chi connectivity index (χ0v) is 15.7. The smallest absolute Gasteiger partial charge is 0.244 e. The van der Waals surface area contributed by atoms with E-state index in [2.05, 4.69) is 4.72 Å². The van der Waals surface area contributed by atoms with E-state index in [1.165, 1.54) is 26.4 Å². The highest BCUT2D eigenvalue weighted by Crippen LogP contribution is 2.33. The van der Waals surface area contributed by atoms with Crippen molar-refractivity contribution < 1.29 is 17.9 Å². The van der Waals surface area contributed by atoms with Gasteiger partial charge < -0.3 is 9.47 Å². The molecule has 0 amide bonds. The average Bonchev–Trinajstić information content (AvgIpc) is 2.53. The van der Waals surface area contributed by atoms with Crippen molar-refractivity contribution in [2.45, 2.75) is 17.9 Å². The molecule has 2 aromatic carbocycles. The summed E-state index contributed by atoms with van der Waals surface area (Å²) in [4.78, 5) is -0.151. The third-order valence-corrected chi connectivity index (χ3v) is 5.92. The Kier molecular flexibility index (Phi) is 5.98. The van der Waals surface area contributed by atoms with Crippen LogP contribution in [-0.2, 0) is 10.0 Å². The highest BCUT2D eigenvalue weighted by atomic mass is 35.5. The van der Waals surface area contributed by atoms with Crippen LogP contribution >= 0.6 is 23.2 Å². The first-order chi connectivity index (χ1) is 11.3. The fraction of sp³-hybridized carbons (Fsp3) is 0.250. The highest BCUT2D eigenvalue weighted by molar-refractivity contribution is 7.89. The lowest BCUT2D eigenvalue weighted by atomic mass is 10.1. The third-order valence-electron chi connectivity index (χ3n) is 3.42. The summed E-state index contributed by atoms with van der Waals surface area (Å²) in [6.07, 6.45) is 0. The molecule has 130 valence electrons. The number of hydrogen-bond acceptors (Lipinski definition) is 4. The van der Waals surface area contributed by atoms with Crippen LogP contribution in [0.15, 0.2) is 41.3 Å². The van der Waals surface area contributed by atoms with Gasteiger partial charge in [-0.3, -0.25) is 0 Å². The molecule has 0 spiro atoms. The number of hydrogen-bond donors (Lipinski definition) is 1. The molecular formula is C16H17Cl2NO4S. The Morgan fingerprint density at radius 1 is 1.04 bits per heavy atom. The van der Waals surface area contributed by atoms with Crippen molar-refractivity contribution in [2.24, 2.45) is 0 Å². The van der Waals surface area contributed by atoms with Crippen LogP contribution in [0.25, 0.3) is 0 Å².